The van der Waals surface area contributed by atoms with Gasteiger partial charge in [-0.05, 0) is 29.9 Å². The van der Waals surface area contributed by atoms with E-state index in [1.807, 2.05) is 30.3 Å². The van der Waals surface area contributed by atoms with Crippen molar-refractivity contribution in [3.63, 3.8) is 0 Å². The van der Waals surface area contributed by atoms with Gasteiger partial charge in [0.05, 0.1) is 4.20 Å². The molecule has 0 fully saturated rings. The van der Waals surface area contributed by atoms with Crippen molar-refractivity contribution >= 4 is 39.8 Å². The highest BCUT2D eigenvalue weighted by atomic mass is 35.5. The quantitative estimate of drug-likeness (QED) is 0.406. The average molecular weight is 425 g/mol. The minimum absolute atomic E-state index is 0. The van der Waals surface area contributed by atoms with Gasteiger partial charge in [0.15, 0.2) is 0 Å². The van der Waals surface area contributed by atoms with Gasteiger partial charge in [-0.1, -0.05) is 127 Å². The first-order valence-corrected chi connectivity index (χ1v) is 9.59. The summed E-state index contributed by atoms with van der Waals surface area (Å²) in [6.45, 7) is 2.21. The van der Waals surface area contributed by atoms with Crippen LogP contribution in [0.1, 0.15) is 66.5 Å². The van der Waals surface area contributed by atoms with Crippen LogP contribution in [0.5, 0.6) is 0 Å². The molecular formula is C24H37ClS2. The molecule has 0 aromatic heterocycles. The summed E-state index contributed by atoms with van der Waals surface area (Å²) in [5.74, 6) is 1.30. The molecule has 0 amide bonds. The van der Waals surface area contributed by atoms with Gasteiger partial charge in [0.1, 0.15) is 0 Å². The highest BCUT2D eigenvalue weighted by Gasteiger charge is 2.10. The third-order valence-electron chi connectivity index (χ3n) is 3.73. The molecule has 2 aromatic rings. The average Bonchev–Trinajstić information content (AvgIpc) is 2.61. The first-order chi connectivity index (χ1) is 11.2. The van der Waals surface area contributed by atoms with Crippen LogP contribution in [0.2, 0.25) is 0 Å². The topological polar surface area (TPSA) is 0 Å². The predicted molar refractivity (Wildman–Crippen MR) is 136 cm³/mol. The van der Waals surface area contributed by atoms with Gasteiger partial charge in [0, 0.05) is 10.8 Å². The summed E-state index contributed by atoms with van der Waals surface area (Å²) in [6.07, 6.45) is 4.07. The number of thioether (sulfide) groups is 1. The van der Waals surface area contributed by atoms with Crippen LogP contribution in [-0.2, 0) is 0 Å². The van der Waals surface area contributed by atoms with E-state index in [0.717, 1.165) is 33.4 Å². The zero-order valence-electron chi connectivity index (χ0n) is 13.2. The fourth-order valence-electron chi connectivity index (χ4n) is 2.41. The van der Waals surface area contributed by atoms with Crippen LogP contribution < -0.4 is 0 Å². The Morgan fingerprint density at radius 2 is 1.48 bits per heavy atom. The van der Waals surface area contributed by atoms with Crippen LogP contribution in [0.3, 0.4) is 0 Å². The van der Waals surface area contributed by atoms with Crippen LogP contribution in [0.15, 0.2) is 71.8 Å². The number of halogens is 1. The van der Waals surface area contributed by atoms with Crippen molar-refractivity contribution in [1.82, 2.24) is 0 Å². The second kappa shape index (κ2) is 17.0. The van der Waals surface area contributed by atoms with E-state index in [1.54, 1.807) is 11.8 Å². The van der Waals surface area contributed by atoms with Crippen LogP contribution in [0.4, 0.5) is 0 Å². The van der Waals surface area contributed by atoms with Crippen molar-refractivity contribution in [1.29, 1.82) is 0 Å². The first kappa shape index (κ1) is 30.6. The van der Waals surface area contributed by atoms with Gasteiger partial charge >= 0.3 is 0 Å². The van der Waals surface area contributed by atoms with Gasteiger partial charge in [0.2, 0.25) is 0 Å². The molecule has 2 aromatic carbocycles. The second-order valence-electron chi connectivity index (χ2n) is 5.34. The lowest BCUT2D eigenvalue weighted by molar-refractivity contribution is 0.668. The van der Waals surface area contributed by atoms with E-state index >= 15 is 0 Å². The Balaban J connectivity index is -0.00000144. The number of hydrogen-bond donors (Lipinski definition) is 0. The lowest BCUT2D eigenvalue weighted by Gasteiger charge is -2.14. The molecular weight excluding hydrogens is 388 g/mol. The summed E-state index contributed by atoms with van der Waals surface area (Å²) >= 11 is 13.5. The van der Waals surface area contributed by atoms with Gasteiger partial charge in [-0.25, -0.2) is 0 Å². The first-order valence-electron chi connectivity index (χ1n) is 7.82. The van der Waals surface area contributed by atoms with E-state index in [2.05, 4.69) is 43.3 Å². The van der Waals surface area contributed by atoms with Crippen LogP contribution in [0, 0.1) is 0 Å². The molecule has 0 heterocycles. The minimum Gasteiger partial charge on any atom is -0.110 e. The molecule has 0 aliphatic rings. The number of benzene rings is 2. The zero-order chi connectivity index (χ0) is 16.5. The van der Waals surface area contributed by atoms with Gasteiger partial charge in [0.25, 0.3) is 0 Å². The molecule has 0 N–H and O–H groups in total. The van der Waals surface area contributed by atoms with Crippen molar-refractivity contribution in [3.05, 3.63) is 82.9 Å². The van der Waals surface area contributed by atoms with Crippen molar-refractivity contribution in [2.45, 2.75) is 55.4 Å². The van der Waals surface area contributed by atoms with E-state index in [9.17, 15) is 0 Å². The standard InChI is InChI=1S/C20H21ClS2.4CH4/c1-2-16(17-9-5-3-6-10-17)15-19(21)13-14-23-20(22)18-11-7-4-8-12-18;;;;/h3-13,16H,2,14-15H2,1H3;4*1H4. The lowest BCUT2D eigenvalue weighted by atomic mass is 9.93. The molecule has 0 saturated carbocycles. The molecule has 0 nitrogen and oxygen atoms in total. The Kier molecular flexibility index (Phi) is 19.3. The molecule has 0 aliphatic heterocycles. The summed E-state index contributed by atoms with van der Waals surface area (Å²) < 4.78 is 0.918. The number of thiocarbonyl (C=S) groups is 1. The second-order valence-corrected chi connectivity index (χ2v) is 7.52. The third kappa shape index (κ3) is 10.7. The molecule has 2 rings (SSSR count). The molecule has 1 atom stereocenters. The fourth-order valence-corrected chi connectivity index (χ4v) is 3.84. The summed E-state index contributed by atoms with van der Waals surface area (Å²) in [4.78, 5) is 0. The molecule has 1 unspecified atom stereocenters. The highest BCUT2D eigenvalue weighted by Crippen LogP contribution is 2.28. The van der Waals surface area contributed by atoms with E-state index in [4.69, 9.17) is 23.8 Å². The molecule has 0 saturated heterocycles. The normalized spacial score (nSPS) is 11.0. The molecule has 0 aliphatic carbocycles. The largest absolute Gasteiger partial charge is 0.110 e. The Bertz CT molecular complexity index is 636. The molecule has 0 bridgehead atoms. The van der Waals surface area contributed by atoms with E-state index in [0.29, 0.717) is 5.92 Å². The van der Waals surface area contributed by atoms with Crippen molar-refractivity contribution in [2.24, 2.45) is 0 Å². The maximum Gasteiger partial charge on any atom is 0.0781 e. The number of hydrogen-bond acceptors (Lipinski definition) is 2. The summed E-state index contributed by atoms with van der Waals surface area (Å²) in [6, 6.07) is 20.7. The predicted octanol–water partition coefficient (Wildman–Crippen LogP) is 9.35. The monoisotopic (exact) mass is 424 g/mol. The Morgan fingerprint density at radius 1 is 0.963 bits per heavy atom. The van der Waals surface area contributed by atoms with Crippen LogP contribution >= 0.6 is 35.6 Å². The lowest BCUT2D eigenvalue weighted by Crippen LogP contribution is -1.98. The maximum atomic E-state index is 6.44. The van der Waals surface area contributed by atoms with Gasteiger partial charge in [-0.2, -0.15) is 0 Å². The number of allylic oxidation sites excluding steroid dienone is 1. The third-order valence-corrected chi connectivity index (χ3v) is 5.46. The Hall–Kier alpha value is -1.09. The molecule has 3 heteroatoms. The van der Waals surface area contributed by atoms with Crippen molar-refractivity contribution in [3.8, 4) is 0 Å². The minimum atomic E-state index is 0. The maximum absolute atomic E-state index is 6.44. The number of rotatable bonds is 7. The molecule has 0 spiro atoms. The molecule has 27 heavy (non-hydrogen) atoms. The highest BCUT2D eigenvalue weighted by molar-refractivity contribution is 8.23. The summed E-state index contributed by atoms with van der Waals surface area (Å²) in [5, 5.41) is 0.920. The van der Waals surface area contributed by atoms with Crippen molar-refractivity contribution < 1.29 is 0 Å². The van der Waals surface area contributed by atoms with Gasteiger partial charge in [-0.3, -0.25) is 0 Å². The Labute approximate surface area is 183 Å². The fraction of sp³-hybridized carbons (Fsp3) is 0.375. The van der Waals surface area contributed by atoms with Crippen LogP contribution in [-0.4, -0.2) is 9.95 Å². The van der Waals surface area contributed by atoms with E-state index in [-0.39, 0.29) is 29.7 Å². The zero-order valence-corrected chi connectivity index (χ0v) is 15.6. The molecule has 152 valence electrons. The van der Waals surface area contributed by atoms with Gasteiger partial charge < -0.3 is 0 Å². The van der Waals surface area contributed by atoms with Gasteiger partial charge in [-0.15, -0.1) is 11.8 Å². The van der Waals surface area contributed by atoms with Crippen LogP contribution in [0.25, 0.3) is 0 Å². The van der Waals surface area contributed by atoms with E-state index < -0.39 is 0 Å². The van der Waals surface area contributed by atoms with E-state index in [1.165, 1.54) is 5.56 Å². The van der Waals surface area contributed by atoms with Crippen molar-refractivity contribution in [2.75, 3.05) is 5.75 Å². The molecule has 0 radical (unpaired) electrons. The SMILES string of the molecule is C.C.C.C.CCC(CC(Cl)=CCSC(=S)c1ccccc1)c1ccccc1. The smallest absolute Gasteiger partial charge is 0.0781 e. The summed E-state index contributed by atoms with van der Waals surface area (Å²) in [7, 11) is 0. The Morgan fingerprint density at radius 3 is 2.00 bits per heavy atom. The summed E-state index contributed by atoms with van der Waals surface area (Å²) in [5.41, 5.74) is 2.46.